The summed E-state index contributed by atoms with van der Waals surface area (Å²) >= 11 is 11.8. The normalized spacial score (nSPS) is 19.5. The molecule has 0 nitrogen and oxygen atoms in total. The van der Waals surface area contributed by atoms with Gasteiger partial charge < -0.3 is 0 Å². The maximum atomic E-state index is 13.7. The predicted molar refractivity (Wildman–Crippen MR) is 66.7 cm³/mol. The van der Waals surface area contributed by atoms with E-state index in [0.29, 0.717) is 23.2 Å². The average molecular weight is 261 g/mol. The van der Waals surface area contributed by atoms with Crippen LogP contribution < -0.4 is 0 Å². The fraction of sp³-hybridized carbons (Fsp3) is 0.538. The molecule has 0 saturated heterocycles. The molecule has 0 bridgehead atoms. The van der Waals surface area contributed by atoms with E-state index in [1.54, 1.807) is 12.1 Å². The van der Waals surface area contributed by atoms with Crippen molar-refractivity contribution < 1.29 is 4.39 Å². The van der Waals surface area contributed by atoms with E-state index in [4.69, 9.17) is 23.2 Å². The third kappa shape index (κ3) is 2.52. The van der Waals surface area contributed by atoms with Crippen LogP contribution in [0.15, 0.2) is 18.2 Å². The molecule has 1 atom stereocenters. The maximum absolute atomic E-state index is 13.7. The van der Waals surface area contributed by atoms with Crippen molar-refractivity contribution in [3.63, 3.8) is 0 Å². The van der Waals surface area contributed by atoms with Crippen molar-refractivity contribution in [2.75, 3.05) is 5.88 Å². The van der Waals surface area contributed by atoms with Gasteiger partial charge in [-0.3, -0.25) is 0 Å². The highest BCUT2D eigenvalue weighted by Gasteiger charge is 2.41. The highest BCUT2D eigenvalue weighted by molar-refractivity contribution is 6.30. The van der Waals surface area contributed by atoms with Gasteiger partial charge in [0, 0.05) is 10.9 Å². The molecule has 1 saturated carbocycles. The quantitative estimate of drug-likeness (QED) is 0.690. The van der Waals surface area contributed by atoms with Crippen molar-refractivity contribution in [1.82, 2.24) is 0 Å². The monoisotopic (exact) mass is 260 g/mol. The van der Waals surface area contributed by atoms with Crippen LogP contribution in [0, 0.1) is 17.2 Å². The summed E-state index contributed by atoms with van der Waals surface area (Å²) in [6, 6.07) is 4.88. The second-order valence-corrected chi connectivity index (χ2v) is 5.68. The molecule has 0 amide bonds. The molecule has 88 valence electrons. The molecule has 0 aliphatic heterocycles. The van der Waals surface area contributed by atoms with Gasteiger partial charge in [-0.25, -0.2) is 4.39 Å². The molecular weight excluding hydrogens is 246 g/mol. The summed E-state index contributed by atoms with van der Waals surface area (Å²) in [5.74, 6) is 1.02. The van der Waals surface area contributed by atoms with Crippen molar-refractivity contribution in [2.45, 2.75) is 26.2 Å². The van der Waals surface area contributed by atoms with Crippen LogP contribution in [0.2, 0.25) is 5.02 Å². The Morgan fingerprint density at radius 1 is 1.44 bits per heavy atom. The zero-order valence-electron chi connectivity index (χ0n) is 9.27. The number of halogens is 3. The standard InChI is InChI=1S/C13H15Cl2F/c1-13(8-14,10-3-4-10)7-9-2-5-11(15)6-12(9)16/h2,5-6,10H,3-4,7-8H2,1H3. The minimum absolute atomic E-state index is 0.0240. The second-order valence-electron chi connectivity index (χ2n) is 4.97. The fourth-order valence-electron chi connectivity index (χ4n) is 2.18. The molecule has 1 aromatic carbocycles. The fourth-order valence-corrected chi connectivity index (χ4v) is 2.65. The number of benzene rings is 1. The lowest BCUT2D eigenvalue weighted by atomic mass is 9.81. The van der Waals surface area contributed by atoms with E-state index < -0.39 is 0 Å². The van der Waals surface area contributed by atoms with Gasteiger partial charge in [0.2, 0.25) is 0 Å². The van der Waals surface area contributed by atoms with E-state index in [1.165, 1.54) is 18.9 Å². The van der Waals surface area contributed by atoms with Gasteiger partial charge in [-0.2, -0.15) is 0 Å². The molecule has 2 rings (SSSR count). The van der Waals surface area contributed by atoms with Crippen molar-refractivity contribution in [1.29, 1.82) is 0 Å². The Hall–Kier alpha value is -0.270. The number of alkyl halides is 1. The van der Waals surface area contributed by atoms with Crippen LogP contribution in [0.1, 0.15) is 25.3 Å². The van der Waals surface area contributed by atoms with Gasteiger partial charge in [0.25, 0.3) is 0 Å². The van der Waals surface area contributed by atoms with Crippen LogP contribution >= 0.6 is 23.2 Å². The Labute approximate surface area is 106 Å². The van der Waals surface area contributed by atoms with E-state index in [-0.39, 0.29) is 11.2 Å². The molecule has 16 heavy (non-hydrogen) atoms. The zero-order chi connectivity index (χ0) is 11.8. The van der Waals surface area contributed by atoms with E-state index in [1.807, 2.05) is 0 Å². The predicted octanol–water partition coefficient (Wildman–Crippen LogP) is 4.68. The van der Waals surface area contributed by atoms with Gasteiger partial charge in [0.15, 0.2) is 0 Å². The first-order valence-corrected chi connectivity index (χ1v) is 6.46. The lowest BCUT2D eigenvalue weighted by molar-refractivity contribution is 0.309. The van der Waals surface area contributed by atoms with Crippen LogP contribution in [0.3, 0.4) is 0 Å². The van der Waals surface area contributed by atoms with Crippen molar-refractivity contribution in [2.24, 2.45) is 11.3 Å². The van der Waals surface area contributed by atoms with Gasteiger partial charge in [-0.05, 0) is 48.3 Å². The Morgan fingerprint density at radius 2 is 2.12 bits per heavy atom. The van der Waals surface area contributed by atoms with Crippen LogP contribution in [-0.2, 0) is 6.42 Å². The van der Waals surface area contributed by atoms with Gasteiger partial charge in [-0.1, -0.05) is 24.6 Å². The largest absolute Gasteiger partial charge is 0.207 e. The van der Waals surface area contributed by atoms with E-state index in [9.17, 15) is 4.39 Å². The van der Waals surface area contributed by atoms with E-state index in [2.05, 4.69) is 6.92 Å². The first kappa shape index (κ1) is 12.2. The summed E-state index contributed by atoms with van der Waals surface area (Å²) in [7, 11) is 0. The van der Waals surface area contributed by atoms with Gasteiger partial charge >= 0.3 is 0 Å². The first-order valence-electron chi connectivity index (χ1n) is 5.55. The lowest BCUT2D eigenvalue weighted by Gasteiger charge is -2.27. The van der Waals surface area contributed by atoms with Crippen LogP contribution in [0.25, 0.3) is 0 Å². The summed E-state index contributed by atoms with van der Waals surface area (Å²) in [5.41, 5.74) is 0.746. The zero-order valence-corrected chi connectivity index (χ0v) is 10.8. The summed E-state index contributed by atoms with van der Waals surface area (Å²) in [4.78, 5) is 0. The molecule has 0 heterocycles. The molecule has 0 aromatic heterocycles. The molecule has 1 aromatic rings. The SMILES string of the molecule is CC(CCl)(Cc1ccc(Cl)cc1F)C1CC1. The van der Waals surface area contributed by atoms with Crippen LogP contribution in [-0.4, -0.2) is 5.88 Å². The summed E-state index contributed by atoms with van der Waals surface area (Å²) < 4.78 is 13.7. The molecule has 1 aliphatic rings. The van der Waals surface area contributed by atoms with Crippen LogP contribution in [0.5, 0.6) is 0 Å². The van der Waals surface area contributed by atoms with Gasteiger partial charge in [-0.15, -0.1) is 11.6 Å². The summed E-state index contributed by atoms with van der Waals surface area (Å²) in [5, 5.41) is 0.445. The molecule has 0 radical (unpaired) electrons. The third-order valence-corrected chi connectivity index (χ3v) is 4.32. The van der Waals surface area contributed by atoms with Crippen molar-refractivity contribution >= 4 is 23.2 Å². The number of rotatable bonds is 4. The Bertz CT molecular complexity index is 388. The van der Waals surface area contributed by atoms with Crippen molar-refractivity contribution in [3.8, 4) is 0 Å². The molecule has 1 unspecified atom stereocenters. The molecule has 1 aliphatic carbocycles. The van der Waals surface area contributed by atoms with E-state index in [0.717, 1.165) is 5.56 Å². The second kappa shape index (κ2) is 4.54. The third-order valence-electron chi connectivity index (χ3n) is 3.48. The Morgan fingerprint density at radius 3 is 2.62 bits per heavy atom. The highest BCUT2D eigenvalue weighted by Crippen LogP contribution is 2.48. The first-order chi connectivity index (χ1) is 7.55. The number of hydrogen-bond acceptors (Lipinski definition) is 0. The smallest absolute Gasteiger partial charge is 0.127 e. The highest BCUT2D eigenvalue weighted by atomic mass is 35.5. The van der Waals surface area contributed by atoms with E-state index >= 15 is 0 Å². The van der Waals surface area contributed by atoms with Gasteiger partial charge in [0.05, 0.1) is 0 Å². The molecule has 0 spiro atoms. The van der Waals surface area contributed by atoms with Crippen LogP contribution in [0.4, 0.5) is 4.39 Å². The molecule has 1 fully saturated rings. The minimum atomic E-state index is -0.218. The van der Waals surface area contributed by atoms with Crippen molar-refractivity contribution in [3.05, 3.63) is 34.6 Å². The lowest BCUT2D eigenvalue weighted by Crippen LogP contribution is -2.24. The summed E-state index contributed by atoms with van der Waals surface area (Å²) in [6.45, 7) is 2.14. The summed E-state index contributed by atoms with van der Waals surface area (Å²) in [6.07, 6.45) is 3.14. The molecular formula is C13H15Cl2F. The maximum Gasteiger partial charge on any atom is 0.127 e. The number of hydrogen-bond donors (Lipinski definition) is 0. The Balaban J connectivity index is 2.18. The van der Waals surface area contributed by atoms with Gasteiger partial charge in [0.1, 0.15) is 5.82 Å². The minimum Gasteiger partial charge on any atom is -0.207 e. The molecule has 3 heteroatoms. The Kier molecular flexibility index (Phi) is 3.46. The average Bonchev–Trinajstić information content (AvgIpc) is 3.06. The topological polar surface area (TPSA) is 0 Å². The molecule has 0 N–H and O–H groups in total.